The molecule has 0 aromatic carbocycles. The summed E-state index contributed by atoms with van der Waals surface area (Å²) >= 11 is 0. The fraction of sp³-hybridized carbons (Fsp3) is 0.750. The van der Waals surface area contributed by atoms with Crippen molar-refractivity contribution in [1.82, 2.24) is 14.7 Å². The second-order valence-electron chi connectivity index (χ2n) is 7.26. The highest BCUT2D eigenvalue weighted by molar-refractivity contribution is 5.91. The van der Waals surface area contributed by atoms with Crippen molar-refractivity contribution >= 4 is 11.7 Å². The Bertz CT molecular complexity index is 538. The summed E-state index contributed by atoms with van der Waals surface area (Å²) in [5.74, 6) is 1.55. The smallest absolute Gasteiger partial charge is 0.239 e. The number of carbonyl (C=O) groups is 1. The lowest BCUT2D eigenvalue weighted by Gasteiger charge is -2.22. The predicted octanol–water partition coefficient (Wildman–Crippen LogP) is 1.46. The number of likely N-dealkylation sites (tertiary alicyclic amines) is 1. The Morgan fingerprint density at radius 3 is 3.00 bits per heavy atom. The summed E-state index contributed by atoms with van der Waals surface area (Å²) in [6, 6.07) is 2.24. The Morgan fingerprint density at radius 1 is 1.59 bits per heavy atom. The molecule has 2 atom stereocenters. The monoisotopic (exact) mass is 305 g/mol. The summed E-state index contributed by atoms with van der Waals surface area (Å²) < 4.78 is 1.95. The number of aromatic nitrogens is 2. The standard InChI is InChI=1S/C16H27N5O/c1-12(13-3-4-13)21-14(5-7-18-21)19-15(22)9-20-8-6-16(2,10-17)11-20/h5,7,12-13H,3-4,6,8-11,17H2,1-2H3,(H,19,22). The van der Waals surface area contributed by atoms with E-state index in [4.69, 9.17) is 5.73 Å². The van der Waals surface area contributed by atoms with Gasteiger partial charge in [0, 0.05) is 12.6 Å². The van der Waals surface area contributed by atoms with Gasteiger partial charge in [0.05, 0.1) is 18.8 Å². The number of anilines is 1. The molecule has 2 aliphatic rings. The Hall–Kier alpha value is -1.40. The van der Waals surface area contributed by atoms with Crippen molar-refractivity contribution in [1.29, 1.82) is 0 Å². The van der Waals surface area contributed by atoms with Crippen molar-refractivity contribution in [3.05, 3.63) is 12.3 Å². The van der Waals surface area contributed by atoms with Crippen LogP contribution in [-0.2, 0) is 4.79 Å². The van der Waals surface area contributed by atoms with Gasteiger partial charge in [-0.3, -0.25) is 9.69 Å². The molecule has 1 amide bonds. The average Bonchev–Trinajstić information content (AvgIpc) is 3.14. The van der Waals surface area contributed by atoms with E-state index in [1.165, 1.54) is 12.8 Å². The SMILES string of the molecule is CC(C1CC1)n1nccc1NC(=O)CN1CCC(C)(CN)C1. The molecule has 6 nitrogen and oxygen atoms in total. The lowest BCUT2D eigenvalue weighted by Crippen LogP contribution is -2.35. The number of rotatable bonds is 6. The summed E-state index contributed by atoms with van der Waals surface area (Å²) in [5, 5.41) is 7.39. The van der Waals surface area contributed by atoms with E-state index >= 15 is 0 Å². The molecule has 22 heavy (non-hydrogen) atoms. The average molecular weight is 305 g/mol. The number of carbonyl (C=O) groups excluding carboxylic acids is 1. The van der Waals surface area contributed by atoms with E-state index in [2.05, 4.69) is 29.2 Å². The maximum atomic E-state index is 12.3. The zero-order valence-electron chi connectivity index (χ0n) is 13.6. The van der Waals surface area contributed by atoms with Crippen molar-refractivity contribution in [3.8, 4) is 0 Å². The number of amides is 1. The molecule has 3 rings (SSSR count). The molecule has 1 aliphatic heterocycles. The van der Waals surface area contributed by atoms with E-state index in [9.17, 15) is 4.79 Å². The highest BCUT2D eigenvalue weighted by Crippen LogP contribution is 2.40. The van der Waals surface area contributed by atoms with Crippen molar-refractivity contribution in [3.63, 3.8) is 0 Å². The Balaban J connectivity index is 1.55. The second kappa shape index (κ2) is 6.01. The Morgan fingerprint density at radius 2 is 2.36 bits per heavy atom. The van der Waals surface area contributed by atoms with E-state index in [-0.39, 0.29) is 11.3 Å². The minimum Gasteiger partial charge on any atom is -0.330 e. The van der Waals surface area contributed by atoms with E-state index < -0.39 is 0 Å². The van der Waals surface area contributed by atoms with Crippen LogP contribution in [-0.4, -0.2) is 46.8 Å². The van der Waals surface area contributed by atoms with Crippen molar-refractivity contribution in [2.45, 2.75) is 39.2 Å². The van der Waals surface area contributed by atoms with Gasteiger partial charge in [-0.05, 0) is 50.6 Å². The van der Waals surface area contributed by atoms with Crippen LogP contribution < -0.4 is 11.1 Å². The van der Waals surface area contributed by atoms with Crippen molar-refractivity contribution in [2.75, 3.05) is 31.5 Å². The van der Waals surface area contributed by atoms with Gasteiger partial charge < -0.3 is 11.1 Å². The summed E-state index contributed by atoms with van der Waals surface area (Å²) in [5.41, 5.74) is 5.97. The molecule has 2 fully saturated rings. The first-order valence-corrected chi connectivity index (χ1v) is 8.26. The normalized spacial score (nSPS) is 27.0. The maximum absolute atomic E-state index is 12.3. The summed E-state index contributed by atoms with van der Waals surface area (Å²) in [6.07, 6.45) is 5.35. The zero-order valence-corrected chi connectivity index (χ0v) is 13.6. The fourth-order valence-corrected chi connectivity index (χ4v) is 3.33. The molecule has 1 aromatic rings. The van der Waals surface area contributed by atoms with Crippen LogP contribution >= 0.6 is 0 Å². The highest BCUT2D eigenvalue weighted by Gasteiger charge is 2.33. The van der Waals surface area contributed by atoms with Crippen LogP contribution in [0.5, 0.6) is 0 Å². The van der Waals surface area contributed by atoms with Crippen LogP contribution in [0.1, 0.15) is 39.2 Å². The number of nitrogens with two attached hydrogens (primary N) is 1. The van der Waals surface area contributed by atoms with Crippen LogP contribution in [0.2, 0.25) is 0 Å². The molecule has 6 heteroatoms. The van der Waals surface area contributed by atoms with Gasteiger partial charge in [-0.15, -0.1) is 0 Å². The molecule has 0 radical (unpaired) electrons. The molecule has 1 aromatic heterocycles. The first kappa shape index (κ1) is 15.5. The molecule has 0 bridgehead atoms. The van der Waals surface area contributed by atoms with Crippen LogP contribution in [0, 0.1) is 11.3 Å². The van der Waals surface area contributed by atoms with Gasteiger partial charge in [0.15, 0.2) is 0 Å². The van der Waals surface area contributed by atoms with Gasteiger partial charge in [0.2, 0.25) is 5.91 Å². The lowest BCUT2D eigenvalue weighted by molar-refractivity contribution is -0.117. The summed E-state index contributed by atoms with van der Waals surface area (Å²) in [4.78, 5) is 14.5. The molecular weight excluding hydrogens is 278 g/mol. The molecule has 3 N–H and O–H groups in total. The molecule has 1 saturated heterocycles. The molecule has 1 aliphatic carbocycles. The van der Waals surface area contributed by atoms with Gasteiger partial charge in [-0.1, -0.05) is 6.92 Å². The third kappa shape index (κ3) is 3.33. The van der Waals surface area contributed by atoms with E-state index in [1.807, 2.05) is 10.7 Å². The summed E-state index contributed by atoms with van der Waals surface area (Å²) in [6.45, 7) is 7.31. The van der Waals surface area contributed by atoms with Gasteiger partial charge in [-0.2, -0.15) is 5.10 Å². The van der Waals surface area contributed by atoms with Gasteiger partial charge >= 0.3 is 0 Å². The highest BCUT2D eigenvalue weighted by atomic mass is 16.2. The summed E-state index contributed by atoms with van der Waals surface area (Å²) in [7, 11) is 0. The van der Waals surface area contributed by atoms with Crippen molar-refractivity contribution in [2.24, 2.45) is 17.1 Å². The van der Waals surface area contributed by atoms with E-state index in [1.54, 1.807) is 6.20 Å². The maximum Gasteiger partial charge on any atom is 0.239 e. The lowest BCUT2D eigenvalue weighted by atomic mass is 9.90. The number of hydrogen-bond acceptors (Lipinski definition) is 4. The quantitative estimate of drug-likeness (QED) is 0.834. The molecule has 2 unspecified atom stereocenters. The number of hydrogen-bond donors (Lipinski definition) is 2. The molecular formula is C16H27N5O. The molecule has 0 spiro atoms. The predicted molar refractivity (Wildman–Crippen MR) is 86.5 cm³/mol. The van der Waals surface area contributed by atoms with Crippen LogP contribution in [0.25, 0.3) is 0 Å². The third-order valence-electron chi connectivity index (χ3n) is 5.12. The third-order valence-corrected chi connectivity index (χ3v) is 5.12. The number of nitrogens with one attached hydrogen (secondary N) is 1. The number of nitrogens with zero attached hydrogens (tertiary/aromatic N) is 3. The minimum absolute atomic E-state index is 0.0334. The second-order valence-corrected chi connectivity index (χ2v) is 7.26. The topological polar surface area (TPSA) is 76.2 Å². The fourth-order valence-electron chi connectivity index (χ4n) is 3.33. The van der Waals surface area contributed by atoms with Gasteiger partial charge in [0.1, 0.15) is 5.82 Å². The first-order chi connectivity index (χ1) is 10.5. The van der Waals surface area contributed by atoms with E-state index in [0.29, 0.717) is 25.0 Å². The largest absolute Gasteiger partial charge is 0.330 e. The van der Waals surface area contributed by atoms with Crippen LogP contribution in [0.4, 0.5) is 5.82 Å². The molecule has 2 heterocycles. The van der Waals surface area contributed by atoms with Crippen LogP contribution in [0.3, 0.4) is 0 Å². The van der Waals surface area contributed by atoms with Gasteiger partial charge in [-0.25, -0.2) is 4.68 Å². The molecule has 1 saturated carbocycles. The van der Waals surface area contributed by atoms with Gasteiger partial charge in [0.25, 0.3) is 0 Å². The minimum atomic E-state index is 0.0334. The Kier molecular flexibility index (Phi) is 4.23. The first-order valence-electron chi connectivity index (χ1n) is 8.26. The zero-order chi connectivity index (χ0) is 15.7. The van der Waals surface area contributed by atoms with Crippen LogP contribution in [0.15, 0.2) is 12.3 Å². The Labute approximate surface area is 132 Å². The van der Waals surface area contributed by atoms with Crippen molar-refractivity contribution < 1.29 is 4.79 Å². The molecule has 122 valence electrons. The van der Waals surface area contributed by atoms with E-state index in [0.717, 1.165) is 25.3 Å².